The summed E-state index contributed by atoms with van der Waals surface area (Å²) in [4.78, 5) is 28.1. The molecule has 0 spiro atoms. The van der Waals surface area contributed by atoms with Gasteiger partial charge in [0, 0.05) is 23.4 Å². The lowest BCUT2D eigenvalue weighted by Gasteiger charge is -2.19. The van der Waals surface area contributed by atoms with E-state index >= 15 is 0 Å². The zero-order valence-corrected chi connectivity index (χ0v) is 17.9. The average Bonchev–Trinajstić information content (AvgIpc) is 2.76. The van der Waals surface area contributed by atoms with Gasteiger partial charge in [-0.2, -0.15) is 13.2 Å². The highest BCUT2D eigenvalue weighted by Crippen LogP contribution is 2.38. The number of alkyl halides is 3. The first kappa shape index (κ1) is 24.0. The number of phenolic OH excluding ortho intramolecular Hbond substituents is 1. The molecule has 0 atom stereocenters. The number of carbonyl (C=O) groups excluding carboxylic acids is 1. The number of aromatic hydroxyl groups is 1. The Labute approximate surface area is 187 Å². The van der Waals surface area contributed by atoms with Crippen molar-refractivity contribution in [3.8, 4) is 11.5 Å². The van der Waals surface area contributed by atoms with E-state index in [4.69, 9.17) is 4.74 Å². The van der Waals surface area contributed by atoms with E-state index in [-0.39, 0.29) is 42.2 Å². The highest BCUT2D eigenvalue weighted by atomic mass is 19.4. The quantitative estimate of drug-likeness (QED) is 0.423. The van der Waals surface area contributed by atoms with Crippen LogP contribution in [0.25, 0.3) is 10.8 Å². The van der Waals surface area contributed by atoms with Gasteiger partial charge in [-0.3, -0.25) is 14.6 Å². The number of fused-ring (bicyclic) bond motifs is 1. The first-order valence-corrected chi connectivity index (χ1v) is 10.1. The summed E-state index contributed by atoms with van der Waals surface area (Å²) >= 11 is 0. The Balaban J connectivity index is 1.93. The topological polar surface area (TPSA) is 96.7 Å². The minimum atomic E-state index is -4.51. The zero-order valence-electron chi connectivity index (χ0n) is 17.9. The molecule has 0 fully saturated rings. The SMILES string of the molecule is CC(C)(CCC(=O)c1cc(O)c2ccccc2c1OCc1ccc(C(F)(F)F)cn1)C(=O)O. The number of carbonyl (C=O) groups is 2. The van der Waals surface area contributed by atoms with Crippen molar-refractivity contribution in [1.29, 1.82) is 0 Å². The number of carboxylic acid groups (broad SMARTS) is 1. The molecule has 33 heavy (non-hydrogen) atoms. The fourth-order valence-corrected chi connectivity index (χ4v) is 3.18. The Morgan fingerprint density at radius 3 is 2.30 bits per heavy atom. The number of benzene rings is 2. The second-order valence-electron chi connectivity index (χ2n) is 8.25. The number of aromatic nitrogens is 1. The van der Waals surface area contributed by atoms with Gasteiger partial charge in [-0.1, -0.05) is 24.3 Å². The molecule has 0 aliphatic rings. The molecule has 2 N–H and O–H groups in total. The third kappa shape index (κ3) is 5.42. The van der Waals surface area contributed by atoms with Crippen LogP contribution in [0.15, 0.2) is 48.7 Å². The molecule has 1 aromatic heterocycles. The highest BCUT2D eigenvalue weighted by Gasteiger charge is 2.31. The van der Waals surface area contributed by atoms with Crippen LogP contribution in [0.5, 0.6) is 11.5 Å². The summed E-state index contributed by atoms with van der Waals surface area (Å²) < 4.78 is 44.1. The lowest BCUT2D eigenvalue weighted by molar-refractivity contribution is -0.147. The van der Waals surface area contributed by atoms with E-state index in [1.807, 2.05) is 0 Å². The molecule has 3 rings (SSSR count). The maximum absolute atomic E-state index is 13.0. The molecule has 6 nitrogen and oxygen atoms in total. The highest BCUT2D eigenvalue weighted by molar-refractivity contribution is 6.07. The Morgan fingerprint density at radius 2 is 1.73 bits per heavy atom. The lowest BCUT2D eigenvalue weighted by atomic mass is 9.86. The average molecular weight is 461 g/mol. The van der Waals surface area contributed by atoms with Crippen LogP contribution < -0.4 is 4.74 Å². The summed E-state index contributed by atoms with van der Waals surface area (Å²) in [6.45, 7) is 2.80. The van der Waals surface area contributed by atoms with Crippen molar-refractivity contribution in [3.63, 3.8) is 0 Å². The minimum Gasteiger partial charge on any atom is -0.507 e. The summed E-state index contributed by atoms with van der Waals surface area (Å²) in [5, 5.41) is 20.6. The molecule has 2 aromatic carbocycles. The predicted molar refractivity (Wildman–Crippen MR) is 114 cm³/mol. The van der Waals surface area contributed by atoms with Gasteiger partial charge in [0.25, 0.3) is 0 Å². The van der Waals surface area contributed by atoms with Crippen LogP contribution in [0.3, 0.4) is 0 Å². The van der Waals surface area contributed by atoms with Gasteiger partial charge in [-0.25, -0.2) is 0 Å². The second kappa shape index (κ2) is 9.09. The molecule has 9 heteroatoms. The summed E-state index contributed by atoms with van der Waals surface area (Å²) in [7, 11) is 0. The van der Waals surface area contributed by atoms with Gasteiger partial charge in [0.1, 0.15) is 18.1 Å². The van der Waals surface area contributed by atoms with E-state index < -0.39 is 28.9 Å². The van der Waals surface area contributed by atoms with Crippen molar-refractivity contribution in [3.05, 3.63) is 65.5 Å². The number of hydrogen-bond donors (Lipinski definition) is 2. The minimum absolute atomic E-state index is 0.0549. The van der Waals surface area contributed by atoms with E-state index in [1.165, 1.54) is 26.0 Å². The van der Waals surface area contributed by atoms with Crippen molar-refractivity contribution in [2.75, 3.05) is 0 Å². The second-order valence-corrected chi connectivity index (χ2v) is 8.25. The third-order valence-electron chi connectivity index (χ3n) is 5.35. The molecule has 0 radical (unpaired) electrons. The fourth-order valence-electron chi connectivity index (χ4n) is 3.18. The van der Waals surface area contributed by atoms with Crippen LogP contribution in [-0.2, 0) is 17.6 Å². The standard InChI is InChI=1S/C24H22F3NO5/c1-23(2,22(31)32)10-9-19(29)18-11-20(30)16-5-3-4-6-17(16)21(18)33-13-15-8-7-14(12-28-15)24(25,26)27/h3-8,11-12,30H,9-10,13H2,1-2H3,(H,31,32). The Hall–Kier alpha value is -3.62. The van der Waals surface area contributed by atoms with Gasteiger partial charge in [0.15, 0.2) is 5.78 Å². The molecule has 0 amide bonds. The summed E-state index contributed by atoms with van der Waals surface area (Å²) in [6, 6.07) is 9.99. The van der Waals surface area contributed by atoms with Gasteiger partial charge in [0.05, 0.1) is 22.2 Å². The number of Topliss-reactive ketones (excluding diaryl/α,β-unsaturated/α-hetero) is 1. The van der Waals surface area contributed by atoms with Crippen LogP contribution in [0, 0.1) is 5.41 Å². The van der Waals surface area contributed by atoms with Crippen LogP contribution in [0.2, 0.25) is 0 Å². The molecule has 0 aliphatic heterocycles. The predicted octanol–water partition coefficient (Wildman–Crippen LogP) is 5.61. The van der Waals surface area contributed by atoms with Crippen molar-refractivity contribution in [2.45, 2.75) is 39.5 Å². The van der Waals surface area contributed by atoms with Crippen molar-refractivity contribution >= 4 is 22.5 Å². The number of phenols is 1. The molecule has 0 bridgehead atoms. The Kier molecular flexibility index (Phi) is 6.62. The van der Waals surface area contributed by atoms with Crippen LogP contribution in [0.1, 0.15) is 48.3 Å². The van der Waals surface area contributed by atoms with Crippen molar-refractivity contribution < 1.29 is 37.7 Å². The molecule has 0 saturated carbocycles. The summed E-state index contributed by atoms with van der Waals surface area (Å²) in [5.41, 5.74) is -1.75. The maximum Gasteiger partial charge on any atom is 0.417 e. The Bertz CT molecular complexity index is 1190. The monoisotopic (exact) mass is 461 g/mol. The van der Waals surface area contributed by atoms with Crippen molar-refractivity contribution in [1.82, 2.24) is 4.98 Å². The first-order valence-electron chi connectivity index (χ1n) is 10.1. The van der Waals surface area contributed by atoms with Gasteiger partial charge < -0.3 is 14.9 Å². The number of pyridine rings is 1. The molecule has 0 aliphatic carbocycles. The number of halogens is 3. The lowest BCUT2D eigenvalue weighted by Crippen LogP contribution is -2.24. The molecule has 0 saturated heterocycles. The number of rotatable bonds is 8. The van der Waals surface area contributed by atoms with Crippen molar-refractivity contribution in [2.24, 2.45) is 5.41 Å². The normalized spacial score (nSPS) is 12.0. The number of nitrogens with zero attached hydrogens (tertiary/aromatic N) is 1. The van der Waals surface area contributed by atoms with Crippen LogP contribution in [0.4, 0.5) is 13.2 Å². The van der Waals surface area contributed by atoms with E-state index in [0.717, 1.165) is 6.07 Å². The number of ether oxygens (including phenoxy) is 1. The van der Waals surface area contributed by atoms with E-state index in [1.54, 1.807) is 24.3 Å². The Morgan fingerprint density at radius 1 is 1.06 bits per heavy atom. The zero-order chi connectivity index (χ0) is 24.4. The molecule has 3 aromatic rings. The van der Waals surface area contributed by atoms with E-state index in [0.29, 0.717) is 17.0 Å². The molecule has 174 valence electrons. The van der Waals surface area contributed by atoms with Crippen LogP contribution in [-0.4, -0.2) is 26.9 Å². The number of ketones is 1. The molecule has 0 unspecified atom stereocenters. The summed E-state index contributed by atoms with van der Waals surface area (Å²) in [6.07, 6.45) is -3.85. The smallest absolute Gasteiger partial charge is 0.417 e. The van der Waals surface area contributed by atoms with Gasteiger partial charge in [-0.15, -0.1) is 0 Å². The largest absolute Gasteiger partial charge is 0.507 e. The third-order valence-corrected chi connectivity index (χ3v) is 5.35. The molecular formula is C24H22F3NO5. The summed E-state index contributed by atoms with van der Waals surface area (Å²) in [5.74, 6) is -1.48. The van der Waals surface area contributed by atoms with Crippen LogP contribution >= 0.6 is 0 Å². The first-order chi connectivity index (χ1) is 15.4. The van der Waals surface area contributed by atoms with Gasteiger partial charge in [-0.05, 0) is 38.5 Å². The number of hydrogen-bond acceptors (Lipinski definition) is 5. The van der Waals surface area contributed by atoms with Gasteiger partial charge >= 0.3 is 12.1 Å². The number of aliphatic carboxylic acids is 1. The fraction of sp³-hybridized carbons (Fsp3) is 0.292. The number of carboxylic acids is 1. The maximum atomic E-state index is 13.0. The molecule has 1 heterocycles. The van der Waals surface area contributed by atoms with Gasteiger partial charge in [0.2, 0.25) is 0 Å². The van der Waals surface area contributed by atoms with E-state index in [2.05, 4.69) is 4.98 Å². The van der Waals surface area contributed by atoms with E-state index in [9.17, 15) is 33.0 Å². The molecular weight excluding hydrogens is 439 g/mol.